The molecule has 0 spiro atoms. The summed E-state index contributed by atoms with van der Waals surface area (Å²) in [6.07, 6.45) is 14.1. The monoisotopic (exact) mass is 415 g/mol. The summed E-state index contributed by atoms with van der Waals surface area (Å²) in [5.74, 6) is 0.877. The number of hydrogen-bond acceptors (Lipinski definition) is 5. The highest BCUT2D eigenvalue weighted by Crippen LogP contribution is 2.25. The van der Waals surface area contributed by atoms with Crippen LogP contribution in [0.4, 0.5) is 0 Å². The summed E-state index contributed by atoms with van der Waals surface area (Å²) in [5, 5.41) is 13.4. The lowest BCUT2D eigenvalue weighted by Gasteiger charge is -2.25. The lowest BCUT2D eigenvalue weighted by Crippen LogP contribution is -2.26. The summed E-state index contributed by atoms with van der Waals surface area (Å²) in [6, 6.07) is 6.37. The average Bonchev–Trinajstić information content (AvgIpc) is 3.36. The molecular formula is C22H25N7Si. The fourth-order valence-corrected chi connectivity index (χ4v) is 4.28. The number of imidazole rings is 1. The normalized spacial score (nSPS) is 14.3. The lowest BCUT2D eigenvalue weighted by atomic mass is 9.85. The van der Waals surface area contributed by atoms with Gasteiger partial charge in [0.25, 0.3) is 0 Å². The highest BCUT2D eigenvalue weighted by Gasteiger charge is 2.16. The Hall–Kier alpha value is -2.84. The van der Waals surface area contributed by atoms with E-state index in [1.54, 1.807) is 0 Å². The summed E-state index contributed by atoms with van der Waals surface area (Å²) in [4.78, 5) is 9.04. The molecule has 0 aromatic carbocycles. The van der Waals surface area contributed by atoms with E-state index in [-0.39, 0.29) is 0 Å². The Balaban J connectivity index is 1.26. The average molecular weight is 416 g/mol. The molecule has 30 heavy (non-hydrogen) atoms. The van der Waals surface area contributed by atoms with Crippen molar-refractivity contribution in [1.82, 2.24) is 34.7 Å². The standard InChI is InChI=1S/C22H25N7Si/c1-30-20-7-18(10-24-11-20)21-15-29(27-26-21)14-19-13-28-12-17(5-6-22(28)25-19)9-23-8-16-3-2-4-16/h5-7,10-13,15-16,23H,2-4,8-9,14H2,1H3. The van der Waals surface area contributed by atoms with Crippen LogP contribution >= 0.6 is 0 Å². The maximum absolute atomic E-state index is 4.73. The van der Waals surface area contributed by atoms with E-state index in [0.717, 1.165) is 41.6 Å². The zero-order chi connectivity index (χ0) is 20.3. The number of rotatable bonds is 8. The third kappa shape index (κ3) is 4.19. The summed E-state index contributed by atoms with van der Waals surface area (Å²) >= 11 is 0. The topological polar surface area (TPSA) is 72.9 Å². The molecule has 0 saturated heterocycles. The second kappa shape index (κ2) is 8.49. The van der Waals surface area contributed by atoms with Gasteiger partial charge in [0.2, 0.25) is 0 Å². The Morgan fingerprint density at radius 1 is 1.17 bits per heavy atom. The molecular weight excluding hydrogens is 390 g/mol. The molecule has 1 N–H and O–H groups in total. The molecule has 1 saturated carbocycles. The Labute approximate surface area is 178 Å². The first-order valence-electron chi connectivity index (χ1n) is 10.5. The van der Waals surface area contributed by atoms with Crippen molar-refractivity contribution in [2.24, 2.45) is 5.92 Å². The van der Waals surface area contributed by atoms with Crippen LogP contribution in [-0.4, -0.2) is 45.4 Å². The van der Waals surface area contributed by atoms with Crippen LogP contribution < -0.4 is 10.5 Å². The van der Waals surface area contributed by atoms with E-state index in [4.69, 9.17) is 4.98 Å². The largest absolute Gasteiger partial charge is 0.312 e. The van der Waals surface area contributed by atoms with Crippen molar-refractivity contribution in [3.05, 3.63) is 60.4 Å². The smallest absolute Gasteiger partial charge is 0.137 e. The van der Waals surface area contributed by atoms with E-state index >= 15 is 0 Å². The Kier molecular flexibility index (Phi) is 5.42. The van der Waals surface area contributed by atoms with Crippen molar-refractivity contribution in [2.45, 2.75) is 38.9 Å². The molecule has 0 atom stereocenters. The van der Waals surface area contributed by atoms with Crippen molar-refractivity contribution in [3.8, 4) is 11.3 Å². The molecule has 1 aliphatic rings. The van der Waals surface area contributed by atoms with Crippen molar-refractivity contribution in [2.75, 3.05) is 6.54 Å². The van der Waals surface area contributed by atoms with Gasteiger partial charge in [-0.1, -0.05) is 30.3 Å². The predicted molar refractivity (Wildman–Crippen MR) is 118 cm³/mol. The first-order chi connectivity index (χ1) is 14.8. The fourth-order valence-electron chi connectivity index (χ4n) is 3.78. The Morgan fingerprint density at radius 3 is 2.93 bits per heavy atom. The maximum atomic E-state index is 4.73. The van der Waals surface area contributed by atoms with E-state index in [2.05, 4.69) is 62.2 Å². The van der Waals surface area contributed by atoms with Gasteiger partial charge in [0.05, 0.1) is 28.0 Å². The van der Waals surface area contributed by atoms with Gasteiger partial charge in [0, 0.05) is 36.9 Å². The minimum atomic E-state index is 0.590. The summed E-state index contributed by atoms with van der Waals surface area (Å²) in [6.45, 7) is 4.76. The van der Waals surface area contributed by atoms with Crippen molar-refractivity contribution in [3.63, 3.8) is 0 Å². The first-order valence-corrected chi connectivity index (χ1v) is 12.0. The van der Waals surface area contributed by atoms with Crippen LogP contribution in [-0.2, 0) is 13.1 Å². The van der Waals surface area contributed by atoms with Gasteiger partial charge in [0.15, 0.2) is 0 Å². The van der Waals surface area contributed by atoms with Crippen molar-refractivity contribution in [1.29, 1.82) is 0 Å². The summed E-state index contributed by atoms with van der Waals surface area (Å²) in [7, 11) is 0.715. The molecule has 1 aliphatic carbocycles. The Bertz CT molecular complexity index is 1150. The maximum Gasteiger partial charge on any atom is 0.137 e. The van der Waals surface area contributed by atoms with E-state index in [1.165, 1.54) is 30.0 Å². The highest BCUT2D eigenvalue weighted by atomic mass is 28.2. The zero-order valence-corrected chi connectivity index (χ0v) is 18.1. The van der Waals surface area contributed by atoms with Gasteiger partial charge in [-0.2, -0.15) is 0 Å². The molecule has 8 heteroatoms. The molecule has 4 aromatic rings. The van der Waals surface area contributed by atoms with Gasteiger partial charge in [-0.05, 0) is 42.1 Å². The second-order valence-electron chi connectivity index (χ2n) is 7.98. The van der Waals surface area contributed by atoms with Crippen LogP contribution in [0.15, 0.2) is 49.2 Å². The lowest BCUT2D eigenvalue weighted by molar-refractivity contribution is 0.301. The van der Waals surface area contributed by atoms with E-state index < -0.39 is 0 Å². The molecule has 0 unspecified atom stereocenters. The van der Waals surface area contributed by atoms with Gasteiger partial charge in [-0.3, -0.25) is 4.98 Å². The predicted octanol–water partition coefficient (Wildman–Crippen LogP) is 2.30. The van der Waals surface area contributed by atoms with Crippen LogP contribution in [0, 0.1) is 5.92 Å². The third-order valence-electron chi connectivity index (χ3n) is 5.73. The number of nitrogens with zero attached hydrogens (tertiary/aromatic N) is 6. The molecule has 4 heterocycles. The van der Waals surface area contributed by atoms with Gasteiger partial charge < -0.3 is 9.72 Å². The molecule has 7 nitrogen and oxygen atoms in total. The number of aromatic nitrogens is 6. The number of hydrogen-bond donors (Lipinski definition) is 1. The molecule has 0 aliphatic heterocycles. The van der Waals surface area contributed by atoms with Crippen LogP contribution in [0.2, 0.25) is 6.55 Å². The van der Waals surface area contributed by atoms with E-state index in [9.17, 15) is 0 Å². The molecule has 0 amide bonds. The van der Waals surface area contributed by atoms with Gasteiger partial charge in [-0.25, -0.2) is 9.67 Å². The molecule has 0 bridgehead atoms. The van der Waals surface area contributed by atoms with Gasteiger partial charge >= 0.3 is 0 Å². The van der Waals surface area contributed by atoms with E-state index in [0.29, 0.717) is 16.1 Å². The van der Waals surface area contributed by atoms with Crippen LogP contribution in [0.1, 0.15) is 30.5 Å². The number of pyridine rings is 2. The minimum Gasteiger partial charge on any atom is -0.312 e. The number of fused-ring (bicyclic) bond motifs is 1. The van der Waals surface area contributed by atoms with Crippen molar-refractivity contribution < 1.29 is 0 Å². The van der Waals surface area contributed by atoms with Gasteiger partial charge in [0.1, 0.15) is 11.3 Å². The van der Waals surface area contributed by atoms with Crippen molar-refractivity contribution >= 4 is 20.4 Å². The first kappa shape index (κ1) is 19.1. The van der Waals surface area contributed by atoms with Crippen LogP contribution in [0.3, 0.4) is 0 Å². The molecule has 152 valence electrons. The van der Waals surface area contributed by atoms with Crippen LogP contribution in [0.25, 0.3) is 16.9 Å². The SMILES string of the molecule is C[Si]c1cncc(-c2cn(Cc3cn4cc(CNCC5CCC5)ccc4n3)nn2)c1. The third-order valence-corrected chi connectivity index (χ3v) is 6.59. The van der Waals surface area contributed by atoms with Gasteiger partial charge in [-0.15, -0.1) is 5.10 Å². The number of nitrogens with one attached hydrogen (secondary N) is 1. The van der Waals surface area contributed by atoms with E-state index in [1.807, 2.05) is 23.3 Å². The molecule has 2 radical (unpaired) electrons. The minimum absolute atomic E-state index is 0.590. The summed E-state index contributed by atoms with van der Waals surface area (Å²) in [5.41, 5.74) is 5.04. The summed E-state index contributed by atoms with van der Waals surface area (Å²) < 4.78 is 3.93. The fraction of sp³-hybridized carbons (Fsp3) is 0.364. The highest BCUT2D eigenvalue weighted by molar-refractivity contribution is 6.51. The molecule has 1 fully saturated rings. The van der Waals surface area contributed by atoms with Crippen LogP contribution in [0.5, 0.6) is 0 Å². The quantitative estimate of drug-likeness (QED) is 0.447. The zero-order valence-electron chi connectivity index (χ0n) is 17.1. The molecule has 5 rings (SSSR count). The molecule has 4 aromatic heterocycles. The second-order valence-corrected chi connectivity index (χ2v) is 9.05. The Morgan fingerprint density at radius 2 is 2.10 bits per heavy atom.